The van der Waals surface area contributed by atoms with E-state index in [0.29, 0.717) is 0 Å². The van der Waals surface area contributed by atoms with Crippen molar-refractivity contribution < 1.29 is 4.74 Å². The Balaban J connectivity index is 2.23. The lowest BCUT2D eigenvalue weighted by atomic mass is 10.2. The molecule has 0 bridgehead atoms. The van der Waals surface area contributed by atoms with Crippen LogP contribution in [0.5, 0.6) is 5.75 Å². The minimum absolute atomic E-state index is 0.821. The molecule has 0 radical (unpaired) electrons. The first-order chi connectivity index (χ1) is 11.7. The van der Waals surface area contributed by atoms with Gasteiger partial charge in [-0.05, 0) is 76.1 Å². The summed E-state index contributed by atoms with van der Waals surface area (Å²) in [6.07, 6.45) is 4.85. The number of nitrogens with zero attached hydrogens (tertiary/aromatic N) is 2. The summed E-state index contributed by atoms with van der Waals surface area (Å²) in [4.78, 5) is 5.00. The summed E-state index contributed by atoms with van der Waals surface area (Å²) in [5.74, 6) is 0.997. The van der Waals surface area contributed by atoms with Crippen molar-refractivity contribution in [1.29, 1.82) is 0 Å². The lowest BCUT2D eigenvalue weighted by Gasteiger charge is -2.20. The minimum atomic E-state index is 0.821. The number of benzene rings is 1. The van der Waals surface area contributed by atoms with Gasteiger partial charge < -0.3 is 9.64 Å². The third kappa shape index (κ3) is 8.70. The summed E-state index contributed by atoms with van der Waals surface area (Å²) in [6, 6.07) is 8.61. The zero-order valence-corrected chi connectivity index (χ0v) is 16.4. The van der Waals surface area contributed by atoms with Crippen molar-refractivity contribution in [3.63, 3.8) is 0 Å². The summed E-state index contributed by atoms with van der Waals surface area (Å²) in [7, 11) is 0. The third-order valence-electron chi connectivity index (χ3n) is 4.44. The molecule has 0 N–H and O–H groups in total. The van der Waals surface area contributed by atoms with Crippen molar-refractivity contribution in [3.8, 4) is 5.75 Å². The molecule has 0 atom stereocenters. The van der Waals surface area contributed by atoms with Crippen molar-refractivity contribution in [2.24, 2.45) is 0 Å². The van der Waals surface area contributed by atoms with Gasteiger partial charge in [-0.15, -0.1) is 0 Å². The van der Waals surface area contributed by atoms with Gasteiger partial charge in [0, 0.05) is 6.54 Å². The van der Waals surface area contributed by atoms with Gasteiger partial charge in [0.15, 0.2) is 0 Å². The van der Waals surface area contributed by atoms with Crippen LogP contribution in [0.1, 0.15) is 58.9 Å². The van der Waals surface area contributed by atoms with Crippen molar-refractivity contribution in [3.05, 3.63) is 29.8 Å². The first kappa shape index (κ1) is 21.0. The van der Waals surface area contributed by atoms with Crippen LogP contribution in [0.3, 0.4) is 0 Å². The van der Waals surface area contributed by atoms with Crippen LogP contribution in [0.4, 0.5) is 0 Å². The number of hydrogen-bond acceptors (Lipinski definition) is 3. The molecule has 0 spiro atoms. The molecule has 0 unspecified atom stereocenters. The zero-order chi connectivity index (χ0) is 17.6. The summed E-state index contributed by atoms with van der Waals surface area (Å²) in [5, 5.41) is 0. The molecule has 3 heteroatoms. The molecule has 0 amide bonds. The highest BCUT2D eigenvalue weighted by atomic mass is 16.5. The average Bonchev–Trinajstić information content (AvgIpc) is 2.61. The van der Waals surface area contributed by atoms with Gasteiger partial charge in [-0.25, -0.2) is 0 Å². The Morgan fingerprint density at radius 2 is 1.38 bits per heavy atom. The normalized spacial score (nSPS) is 11.4. The molecule has 0 fully saturated rings. The highest BCUT2D eigenvalue weighted by Gasteiger charge is 2.03. The largest absolute Gasteiger partial charge is 0.494 e. The molecule has 0 saturated carbocycles. The summed E-state index contributed by atoms with van der Waals surface area (Å²) >= 11 is 0. The van der Waals surface area contributed by atoms with Gasteiger partial charge >= 0.3 is 0 Å². The van der Waals surface area contributed by atoms with Crippen LogP contribution in [-0.4, -0.2) is 49.1 Å². The average molecular weight is 335 g/mol. The number of hydrogen-bond donors (Lipinski definition) is 0. The monoisotopic (exact) mass is 334 g/mol. The highest BCUT2D eigenvalue weighted by Crippen LogP contribution is 2.14. The predicted molar refractivity (Wildman–Crippen MR) is 105 cm³/mol. The second-order valence-electron chi connectivity index (χ2n) is 6.50. The van der Waals surface area contributed by atoms with Crippen LogP contribution in [-0.2, 0) is 6.54 Å². The summed E-state index contributed by atoms with van der Waals surface area (Å²) < 4.78 is 5.89. The van der Waals surface area contributed by atoms with Crippen LogP contribution in [0.25, 0.3) is 0 Å². The molecule has 1 aromatic carbocycles. The Hall–Kier alpha value is -1.06. The predicted octanol–water partition coefficient (Wildman–Crippen LogP) is 4.81. The highest BCUT2D eigenvalue weighted by molar-refractivity contribution is 5.27. The lowest BCUT2D eigenvalue weighted by molar-refractivity contribution is 0.250. The van der Waals surface area contributed by atoms with Gasteiger partial charge in [0.05, 0.1) is 6.61 Å². The van der Waals surface area contributed by atoms with E-state index >= 15 is 0 Å². The van der Waals surface area contributed by atoms with E-state index in [-0.39, 0.29) is 0 Å². The Bertz CT molecular complexity index is 395. The van der Waals surface area contributed by atoms with E-state index in [4.69, 9.17) is 4.74 Å². The van der Waals surface area contributed by atoms with Crippen molar-refractivity contribution in [2.75, 3.05) is 39.3 Å². The van der Waals surface area contributed by atoms with E-state index in [1.165, 1.54) is 44.5 Å². The second kappa shape index (κ2) is 13.3. The standard InChI is InChI=1S/C21H38N2O/c1-5-15-23(16-6-2)17-9-10-18-24-21-13-11-20(12-14-21)19-22(7-3)8-4/h11-14H,5-10,15-19H2,1-4H3. The van der Waals surface area contributed by atoms with Crippen LogP contribution in [0.15, 0.2) is 24.3 Å². The van der Waals surface area contributed by atoms with Crippen molar-refractivity contribution in [1.82, 2.24) is 9.80 Å². The maximum atomic E-state index is 5.89. The van der Waals surface area contributed by atoms with Gasteiger partial charge in [-0.2, -0.15) is 0 Å². The van der Waals surface area contributed by atoms with Crippen LogP contribution < -0.4 is 4.74 Å². The van der Waals surface area contributed by atoms with E-state index < -0.39 is 0 Å². The fourth-order valence-corrected chi connectivity index (χ4v) is 2.99. The Morgan fingerprint density at radius 1 is 0.750 bits per heavy atom. The van der Waals surface area contributed by atoms with E-state index in [2.05, 4.69) is 61.8 Å². The van der Waals surface area contributed by atoms with Gasteiger partial charge in [0.2, 0.25) is 0 Å². The van der Waals surface area contributed by atoms with Crippen LogP contribution in [0, 0.1) is 0 Å². The molecule has 1 aromatic rings. The number of rotatable bonds is 14. The summed E-state index contributed by atoms with van der Waals surface area (Å²) in [5.41, 5.74) is 1.36. The molecular formula is C21H38N2O. The van der Waals surface area contributed by atoms with Gasteiger partial charge in [0.1, 0.15) is 5.75 Å². The summed E-state index contributed by atoms with van der Waals surface area (Å²) in [6.45, 7) is 16.6. The second-order valence-corrected chi connectivity index (χ2v) is 6.50. The van der Waals surface area contributed by atoms with E-state index in [0.717, 1.165) is 38.4 Å². The molecular weight excluding hydrogens is 296 g/mol. The van der Waals surface area contributed by atoms with Crippen LogP contribution >= 0.6 is 0 Å². The van der Waals surface area contributed by atoms with Gasteiger partial charge in [0.25, 0.3) is 0 Å². The minimum Gasteiger partial charge on any atom is -0.494 e. The molecule has 0 heterocycles. The molecule has 0 aliphatic rings. The fraction of sp³-hybridized carbons (Fsp3) is 0.714. The topological polar surface area (TPSA) is 15.7 Å². The SMILES string of the molecule is CCCN(CCC)CCCCOc1ccc(CN(CC)CC)cc1. The molecule has 3 nitrogen and oxygen atoms in total. The smallest absolute Gasteiger partial charge is 0.119 e. The Morgan fingerprint density at radius 3 is 1.92 bits per heavy atom. The first-order valence-electron chi connectivity index (χ1n) is 9.89. The number of ether oxygens (including phenoxy) is 1. The van der Waals surface area contributed by atoms with Gasteiger partial charge in [-0.3, -0.25) is 4.90 Å². The third-order valence-corrected chi connectivity index (χ3v) is 4.44. The van der Waals surface area contributed by atoms with Gasteiger partial charge in [-0.1, -0.05) is 39.8 Å². The molecule has 0 aliphatic carbocycles. The maximum Gasteiger partial charge on any atom is 0.119 e. The molecule has 0 aliphatic heterocycles. The van der Waals surface area contributed by atoms with E-state index in [1.54, 1.807) is 0 Å². The first-order valence-corrected chi connectivity index (χ1v) is 9.89. The molecule has 24 heavy (non-hydrogen) atoms. The van der Waals surface area contributed by atoms with Crippen LogP contribution in [0.2, 0.25) is 0 Å². The van der Waals surface area contributed by atoms with E-state index in [1.807, 2.05) is 0 Å². The van der Waals surface area contributed by atoms with Crippen molar-refractivity contribution >= 4 is 0 Å². The molecule has 1 rings (SSSR count). The Labute approximate surface area is 150 Å². The van der Waals surface area contributed by atoms with E-state index in [9.17, 15) is 0 Å². The molecule has 0 saturated heterocycles. The molecule has 0 aromatic heterocycles. The Kier molecular flexibility index (Phi) is 11.6. The van der Waals surface area contributed by atoms with Crippen molar-refractivity contribution in [2.45, 2.75) is 59.9 Å². The number of unbranched alkanes of at least 4 members (excludes halogenated alkanes) is 1. The maximum absolute atomic E-state index is 5.89. The molecule has 138 valence electrons. The fourth-order valence-electron chi connectivity index (χ4n) is 2.99. The lowest BCUT2D eigenvalue weighted by Crippen LogP contribution is -2.26. The quantitative estimate of drug-likeness (QED) is 0.454. The zero-order valence-electron chi connectivity index (χ0n) is 16.4.